The highest BCUT2D eigenvalue weighted by atomic mass is 16.3. The van der Waals surface area contributed by atoms with Gasteiger partial charge in [-0.1, -0.05) is 57.7 Å². The molecule has 0 fully saturated rings. The fourth-order valence-electron chi connectivity index (χ4n) is 3.14. The van der Waals surface area contributed by atoms with Crippen molar-refractivity contribution in [1.82, 2.24) is 0 Å². The molecule has 0 aromatic heterocycles. The lowest BCUT2D eigenvalue weighted by atomic mass is 10.1. The number of hydrogen-bond donors (Lipinski definition) is 2. The molecule has 1 rings (SSSR count). The summed E-state index contributed by atoms with van der Waals surface area (Å²) in [5.41, 5.74) is 1.31. The number of nitrogens with zero attached hydrogens (tertiary/aromatic N) is 1. The molecule has 0 saturated carbocycles. The molecule has 0 spiro atoms. The van der Waals surface area contributed by atoms with Crippen LogP contribution in [0.4, 0.5) is 5.69 Å². The summed E-state index contributed by atoms with van der Waals surface area (Å²) >= 11 is 0. The number of para-hydroxylation sites is 1. The molecule has 2 atom stereocenters. The van der Waals surface area contributed by atoms with Gasteiger partial charge in [-0.3, -0.25) is 0 Å². The van der Waals surface area contributed by atoms with Crippen LogP contribution in [0.1, 0.15) is 78.1 Å². The van der Waals surface area contributed by atoms with Crippen LogP contribution in [0.5, 0.6) is 0 Å². The highest BCUT2D eigenvalue weighted by molar-refractivity contribution is 5.45. The predicted octanol–water partition coefficient (Wildman–Crippen LogP) is 5.16. The van der Waals surface area contributed by atoms with Gasteiger partial charge in [-0.25, -0.2) is 0 Å². The molecule has 0 bridgehead atoms. The topological polar surface area (TPSA) is 43.7 Å². The number of benzene rings is 1. The number of aliphatic hydroxyl groups excluding tert-OH is 2. The van der Waals surface area contributed by atoms with Crippen molar-refractivity contribution in [3.63, 3.8) is 0 Å². The van der Waals surface area contributed by atoms with Crippen LogP contribution in [-0.2, 0) is 0 Å². The lowest BCUT2D eigenvalue weighted by Gasteiger charge is -2.25. The Morgan fingerprint density at radius 2 is 1.20 bits per heavy atom. The maximum absolute atomic E-state index is 9.64. The summed E-state index contributed by atoms with van der Waals surface area (Å²) in [4.78, 5) is 2.49. The molecule has 0 saturated heterocycles. The Kier molecular flexibility index (Phi) is 12.4. The van der Waals surface area contributed by atoms with E-state index in [0.717, 1.165) is 51.6 Å². The highest BCUT2D eigenvalue weighted by Gasteiger charge is 2.07. The Morgan fingerprint density at radius 3 is 1.64 bits per heavy atom. The van der Waals surface area contributed by atoms with E-state index in [1.165, 1.54) is 31.4 Å². The minimum atomic E-state index is -0.122. The molecular formula is C22H39NO2. The van der Waals surface area contributed by atoms with Gasteiger partial charge in [0.05, 0.1) is 12.2 Å². The Bertz CT molecular complexity index is 390. The van der Waals surface area contributed by atoms with Crippen molar-refractivity contribution in [1.29, 1.82) is 0 Å². The first-order valence-electron chi connectivity index (χ1n) is 10.3. The van der Waals surface area contributed by atoms with Crippen LogP contribution >= 0.6 is 0 Å². The van der Waals surface area contributed by atoms with Gasteiger partial charge in [-0.2, -0.15) is 0 Å². The number of hydrogen-bond acceptors (Lipinski definition) is 3. The third-order valence-corrected chi connectivity index (χ3v) is 4.99. The maximum atomic E-state index is 9.64. The van der Waals surface area contributed by atoms with E-state index in [1.807, 2.05) is 13.8 Å². The van der Waals surface area contributed by atoms with Crippen molar-refractivity contribution in [3.8, 4) is 0 Å². The molecule has 1 aromatic carbocycles. The normalized spacial score (nSPS) is 13.6. The lowest BCUT2D eigenvalue weighted by Crippen LogP contribution is -2.25. The number of rotatable bonds is 15. The van der Waals surface area contributed by atoms with E-state index in [9.17, 15) is 10.2 Å². The molecular weight excluding hydrogens is 310 g/mol. The molecule has 3 nitrogen and oxygen atoms in total. The van der Waals surface area contributed by atoms with Crippen molar-refractivity contribution in [2.45, 2.75) is 90.3 Å². The van der Waals surface area contributed by atoms with Gasteiger partial charge in [0.25, 0.3) is 0 Å². The number of unbranched alkanes of at least 4 members (excludes halogenated alkanes) is 4. The average molecular weight is 350 g/mol. The number of aliphatic hydroxyl groups is 2. The third-order valence-electron chi connectivity index (χ3n) is 4.99. The van der Waals surface area contributed by atoms with Crippen LogP contribution in [0.3, 0.4) is 0 Å². The summed E-state index contributed by atoms with van der Waals surface area (Å²) < 4.78 is 0. The van der Waals surface area contributed by atoms with Crippen molar-refractivity contribution < 1.29 is 10.2 Å². The maximum Gasteiger partial charge on any atom is 0.0537 e. The van der Waals surface area contributed by atoms with E-state index in [4.69, 9.17) is 0 Å². The smallest absolute Gasteiger partial charge is 0.0537 e. The van der Waals surface area contributed by atoms with Crippen molar-refractivity contribution in [2.75, 3.05) is 18.0 Å². The molecule has 0 radical (unpaired) electrons. The second kappa shape index (κ2) is 14.1. The van der Waals surface area contributed by atoms with Crippen LogP contribution < -0.4 is 4.90 Å². The first-order chi connectivity index (χ1) is 12.2. The molecule has 0 amide bonds. The summed E-state index contributed by atoms with van der Waals surface area (Å²) in [5.74, 6) is 0. The zero-order chi connectivity index (χ0) is 18.3. The molecule has 144 valence electrons. The van der Waals surface area contributed by atoms with Crippen LogP contribution in [0, 0.1) is 0 Å². The summed E-state index contributed by atoms with van der Waals surface area (Å²) in [6, 6.07) is 10.7. The molecule has 2 N–H and O–H groups in total. The lowest BCUT2D eigenvalue weighted by molar-refractivity contribution is 0.156. The Morgan fingerprint density at radius 1 is 0.720 bits per heavy atom. The first kappa shape index (κ1) is 22.0. The predicted molar refractivity (Wildman–Crippen MR) is 108 cm³/mol. The van der Waals surface area contributed by atoms with Gasteiger partial charge >= 0.3 is 0 Å². The van der Waals surface area contributed by atoms with Crippen molar-refractivity contribution >= 4 is 5.69 Å². The first-order valence-corrected chi connectivity index (χ1v) is 10.3. The van der Waals surface area contributed by atoms with Crippen LogP contribution in [0.15, 0.2) is 30.3 Å². The van der Waals surface area contributed by atoms with E-state index < -0.39 is 0 Å². The van der Waals surface area contributed by atoms with Crippen LogP contribution in [0.2, 0.25) is 0 Å². The van der Waals surface area contributed by atoms with Crippen LogP contribution in [0.25, 0.3) is 0 Å². The van der Waals surface area contributed by atoms with E-state index in [0.29, 0.717) is 0 Å². The summed E-state index contributed by atoms with van der Waals surface area (Å²) in [6.45, 7) is 6.26. The second-order valence-corrected chi connectivity index (χ2v) is 7.15. The quantitative estimate of drug-likeness (QED) is 0.430. The van der Waals surface area contributed by atoms with Gasteiger partial charge in [0.1, 0.15) is 0 Å². The van der Waals surface area contributed by atoms with Gasteiger partial charge in [0.2, 0.25) is 0 Å². The minimum absolute atomic E-state index is 0.122. The van der Waals surface area contributed by atoms with E-state index in [2.05, 4.69) is 35.2 Å². The monoisotopic (exact) mass is 349 g/mol. The molecule has 0 aliphatic heterocycles. The van der Waals surface area contributed by atoms with Gasteiger partial charge in [0, 0.05) is 18.8 Å². The van der Waals surface area contributed by atoms with Crippen molar-refractivity contribution in [3.05, 3.63) is 30.3 Å². The molecule has 0 aliphatic rings. The Balaban J connectivity index is 2.30. The summed E-state index contributed by atoms with van der Waals surface area (Å²) in [6.07, 6.45) is 10.3. The molecule has 2 unspecified atom stereocenters. The fraction of sp³-hybridized carbons (Fsp3) is 0.727. The zero-order valence-electron chi connectivity index (χ0n) is 16.4. The zero-order valence-corrected chi connectivity index (χ0v) is 16.4. The third kappa shape index (κ3) is 10.5. The molecule has 0 heterocycles. The minimum Gasteiger partial charge on any atom is -0.393 e. The molecule has 3 heteroatoms. The van der Waals surface area contributed by atoms with Gasteiger partial charge in [-0.05, 0) is 50.7 Å². The molecule has 1 aromatic rings. The van der Waals surface area contributed by atoms with Crippen LogP contribution in [-0.4, -0.2) is 35.5 Å². The van der Waals surface area contributed by atoms with Gasteiger partial charge < -0.3 is 15.1 Å². The van der Waals surface area contributed by atoms with Gasteiger partial charge in [-0.15, -0.1) is 0 Å². The van der Waals surface area contributed by atoms with E-state index >= 15 is 0 Å². The summed E-state index contributed by atoms with van der Waals surface area (Å²) in [5, 5.41) is 19.3. The largest absolute Gasteiger partial charge is 0.393 e. The van der Waals surface area contributed by atoms with Gasteiger partial charge in [0.15, 0.2) is 0 Å². The highest BCUT2D eigenvalue weighted by Crippen LogP contribution is 2.17. The molecule has 0 aliphatic carbocycles. The Hall–Kier alpha value is -1.06. The number of anilines is 1. The van der Waals surface area contributed by atoms with E-state index in [1.54, 1.807) is 0 Å². The Labute approximate surface area is 155 Å². The average Bonchev–Trinajstić information content (AvgIpc) is 2.65. The standard InChI is InChI=1S/C22H39NO2/c1-3-21(24)16-10-6-12-18-23(20-14-8-5-9-15-20)19-13-7-11-17-22(25)4-2/h5,8-9,14-15,21-22,24-25H,3-4,6-7,10-13,16-19H2,1-2H3. The van der Waals surface area contributed by atoms with E-state index in [-0.39, 0.29) is 12.2 Å². The summed E-state index contributed by atoms with van der Waals surface area (Å²) in [7, 11) is 0. The fourth-order valence-corrected chi connectivity index (χ4v) is 3.14. The SMILES string of the molecule is CCC(O)CCCCCN(CCCCCC(O)CC)c1ccccc1. The molecule has 25 heavy (non-hydrogen) atoms. The van der Waals surface area contributed by atoms with Crippen molar-refractivity contribution in [2.24, 2.45) is 0 Å². The second-order valence-electron chi connectivity index (χ2n) is 7.15.